The molecule has 0 aromatic heterocycles. The normalized spacial score (nSPS) is 14.2. The number of hydrogen-bond acceptors (Lipinski definition) is 1. The Morgan fingerprint density at radius 2 is 1.85 bits per heavy atom. The Morgan fingerprint density at radius 1 is 1.31 bits per heavy atom. The maximum atomic E-state index is 12.0. The van der Waals surface area contributed by atoms with Crippen molar-refractivity contribution < 1.29 is 18.0 Å². The molecule has 0 aromatic rings. The van der Waals surface area contributed by atoms with Crippen LogP contribution in [0.1, 0.15) is 39.5 Å². The van der Waals surface area contributed by atoms with E-state index in [-0.39, 0.29) is 6.42 Å². The number of alkyl halides is 3. The van der Waals surface area contributed by atoms with Gasteiger partial charge in [-0.15, -0.1) is 0 Å². The van der Waals surface area contributed by atoms with Crippen LogP contribution in [0.15, 0.2) is 0 Å². The Kier molecular flexibility index (Phi) is 5.03. The highest BCUT2D eigenvalue weighted by Gasteiger charge is 2.40. The Balaban J connectivity index is 3.84. The van der Waals surface area contributed by atoms with E-state index < -0.39 is 17.9 Å². The molecule has 0 aromatic carbocycles. The van der Waals surface area contributed by atoms with E-state index in [1.165, 1.54) is 0 Å². The monoisotopic (exact) mass is 196 g/mol. The summed E-state index contributed by atoms with van der Waals surface area (Å²) in [6.07, 6.45) is -2.03. The summed E-state index contributed by atoms with van der Waals surface area (Å²) in [5.74, 6) is -2.50. The molecule has 0 aliphatic heterocycles. The second kappa shape index (κ2) is 5.25. The number of ketones is 1. The van der Waals surface area contributed by atoms with Gasteiger partial charge in [0.25, 0.3) is 0 Å². The molecule has 0 saturated carbocycles. The lowest BCUT2D eigenvalue weighted by Crippen LogP contribution is -2.27. The molecule has 1 atom stereocenters. The predicted molar refractivity (Wildman–Crippen MR) is 44.4 cm³/mol. The molecule has 0 bridgehead atoms. The number of carbonyl (C=O) groups excluding carboxylic acids is 1. The summed E-state index contributed by atoms with van der Waals surface area (Å²) in [7, 11) is 0. The molecule has 0 aliphatic carbocycles. The van der Waals surface area contributed by atoms with Gasteiger partial charge in [0.05, 0.1) is 0 Å². The van der Waals surface area contributed by atoms with E-state index in [9.17, 15) is 18.0 Å². The third-order valence-electron chi connectivity index (χ3n) is 2.00. The van der Waals surface area contributed by atoms with Crippen molar-refractivity contribution >= 4 is 5.78 Å². The van der Waals surface area contributed by atoms with Crippen LogP contribution in [0.5, 0.6) is 0 Å². The topological polar surface area (TPSA) is 17.1 Å². The third-order valence-corrected chi connectivity index (χ3v) is 2.00. The number of hydrogen-bond donors (Lipinski definition) is 0. The Bertz CT molecular complexity index is 163. The summed E-state index contributed by atoms with van der Waals surface area (Å²) in [6.45, 7) is 2.87. The van der Waals surface area contributed by atoms with Crippen molar-refractivity contribution in [3.8, 4) is 0 Å². The SMILES string of the molecule is CCCCCC(=O)C(C)C(F)(F)F. The average Bonchev–Trinajstić information content (AvgIpc) is 2.01. The van der Waals surface area contributed by atoms with Gasteiger partial charge in [-0.1, -0.05) is 19.8 Å². The Morgan fingerprint density at radius 3 is 2.23 bits per heavy atom. The second-order valence-electron chi connectivity index (χ2n) is 3.19. The van der Waals surface area contributed by atoms with Crippen LogP contribution < -0.4 is 0 Å². The van der Waals surface area contributed by atoms with Gasteiger partial charge < -0.3 is 0 Å². The Hall–Kier alpha value is -0.540. The molecule has 0 heterocycles. The first-order valence-electron chi connectivity index (χ1n) is 4.49. The van der Waals surface area contributed by atoms with Crippen molar-refractivity contribution in [3.63, 3.8) is 0 Å². The van der Waals surface area contributed by atoms with Crippen LogP contribution in [0.2, 0.25) is 0 Å². The van der Waals surface area contributed by atoms with Gasteiger partial charge in [-0.2, -0.15) is 13.2 Å². The molecule has 0 saturated heterocycles. The zero-order valence-electron chi connectivity index (χ0n) is 7.95. The van der Waals surface area contributed by atoms with Gasteiger partial charge in [-0.05, 0) is 13.3 Å². The lowest BCUT2D eigenvalue weighted by Gasteiger charge is -2.13. The molecule has 0 fully saturated rings. The number of Topliss-reactive ketones (excluding diaryl/α,β-unsaturated/α-hetero) is 1. The largest absolute Gasteiger partial charge is 0.398 e. The quantitative estimate of drug-likeness (QED) is 0.616. The van der Waals surface area contributed by atoms with E-state index in [0.717, 1.165) is 19.8 Å². The van der Waals surface area contributed by atoms with Gasteiger partial charge in [0.1, 0.15) is 11.7 Å². The van der Waals surface area contributed by atoms with E-state index in [1.54, 1.807) is 0 Å². The molecule has 4 heteroatoms. The maximum Gasteiger partial charge on any atom is 0.398 e. The van der Waals surface area contributed by atoms with Crippen LogP contribution in [0, 0.1) is 5.92 Å². The zero-order chi connectivity index (χ0) is 10.5. The van der Waals surface area contributed by atoms with Gasteiger partial charge in [0.2, 0.25) is 0 Å². The predicted octanol–water partition coefficient (Wildman–Crippen LogP) is 3.33. The molecule has 0 amide bonds. The molecular formula is C9H15F3O. The zero-order valence-corrected chi connectivity index (χ0v) is 7.95. The summed E-state index contributed by atoms with van der Waals surface area (Å²) in [4.78, 5) is 10.9. The van der Waals surface area contributed by atoms with Crippen molar-refractivity contribution in [2.45, 2.75) is 45.7 Å². The minimum atomic E-state index is -4.37. The second-order valence-corrected chi connectivity index (χ2v) is 3.19. The van der Waals surface area contributed by atoms with E-state index in [0.29, 0.717) is 6.42 Å². The number of halogens is 3. The molecule has 13 heavy (non-hydrogen) atoms. The molecule has 1 nitrogen and oxygen atoms in total. The van der Waals surface area contributed by atoms with Gasteiger partial charge in [0, 0.05) is 6.42 Å². The van der Waals surface area contributed by atoms with Crippen LogP contribution in [-0.4, -0.2) is 12.0 Å². The summed E-state index contributed by atoms with van der Waals surface area (Å²) < 4.78 is 36.0. The molecule has 0 rings (SSSR count). The van der Waals surface area contributed by atoms with Crippen LogP contribution in [0.3, 0.4) is 0 Å². The highest BCUT2D eigenvalue weighted by atomic mass is 19.4. The van der Waals surface area contributed by atoms with Crippen molar-refractivity contribution in [3.05, 3.63) is 0 Å². The fraction of sp³-hybridized carbons (Fsp3) is 0.889. The van der Waals surface area contributed by atoms with E-state index >= 15 is 0 Å². The summed E-state index contributed by atoms with van der Waals surface area (Å²) in [5, 5.41) is 0. The lowest BCUT2D eigenvalue weighted by molar-refractivity contribution is -0.177. The fourth-order valence-electron chi connectivity index (χ4n) is 0.948. The third kappa shape index (κ3) is 4.90. The van der Waals surface area contributed by atoms with Crippen molar-refractivity contribution in [1.29, 1.82) is 0 Å². The van der Waals surface area contributed by atoms with Crippen LogP contribution >= 0.6 is 0 Å². The highest BCUT2D eigenvalue weighted by Crippen LogP contribution is 2.27. The standard InChI is InChI=1S/C9H15F3O/c1-3-4-5-6-8(13)7(2)9(10,11)12/h7H,3-6H2,1-2H3. The van der Waals surface area contributed by atoms with Gasteiger partial charge in [-0.25, -0.2) is 0 Å². The van der Waals surface area contributed by atoms with Crippen LogP contribution in [-0.2, 0) is 4.79 Å². The lowest BCUT2D eigenvalue weighted by atomic mass is 10.0. The van der Waals surface area contributed by atoms with Gasteiger partial charge in [0.15, 0.2) is 0 Å². The Labute approximate surface area is 76.3 Å². The summed E-state index contributed by atoms with van der Waals surface area (Å²) in [6, 6.07) is 0. The number of carbonyl (C=O) groups is 1. The number of unbranched alkanes of at least 4 members (excludes halogenated alkanes) is 2. The van der Waals surface area contributed by atoms with Crippen LogP contribution in [0.4, 0.5) is 13.2 Å². The van der Waals surface area contributed by atoms with Crippen LogP contribution in [0.25, 0.3) is 0 Å². The smallest absolute Gasteiger partial charge is 0.299 e. The summed E-state index contributed by atoms with van der Waals surface area (Å²) >= 11 is 0. The minimum absolute atomic E-state index is 0.0501. The molecule has 0 aliphatic rings. The minimum Gasteiger partial charge on any atom is -0.299 e. The first-order valence-corrected chi connectivity index (χ1v) is 4.49. The molecule has 1 unspecified atom stereocenters. The van der Waals surface area contributed by atoms with Gasteiger partial charge >= 0.3 is 6.18 Å². The first kappa shape index (κ1) is 12.5. The van der Waals surface area contributed by atoms with Crippen molar-refractivity contribution in [2.75, 3.05) is 0 Å². The van der Waals surface area contributed by atoms with Crippen molar-refractivity contribution in [1.82, 2.24) is 0 Å². The average molecular weight is 196 g/mol. The highest BCUT2D eigenvalue weighted by molar-refractivity contribution is 5.81. The van der Waals surface area contributed by atoms with E-state index in [1.807, 2.05) is 6.92 Å². The van der Waals surface area contributed by atoms with E-state index in [4.69, 9.17) is 0 Å². The first-order chi connectivity index (χ1) is 5.89. The maximum absolute atomic E-state index is 12.0. The molecule has 78 valence electrons. The molecular weight excluding hydrogens is 181 g/mol. The fourth-order valence-corrected chi connectivity index (χ4v) is 0.948. The van der Waals surface area contributed by atoms with Gasteiger partial charge in [-0.3, -0.25) is 4.79 Å². The van der Waals surface area contributed by atoms with Crippen molar-refractivity contribution in [2.24, 2.45) is 5.92 Å². The molecule has 0 N–H and O–H groups in total. The van der Waals surface area contributed by atoms with E-state index in [2.05, 4.69) is 0 Å². The number of rotatable bonds is 5. The summed E-state index contributed by atoms with van der Waals surface area (Å²) in [5.41, 5.74) is 0. The molecule has 0 spiro atoms. The molecule has 0 radical (unpaired) electrons.